The zero-order valence-electron chi connectivity index (χ0n) is 11.8. The Morgan fingerprint density at radius 3 is 1.94 bits per heavy atom. The van der Waals surface area contributed by atoms with E-state index in [9.17, 15) is 0 Å². The van der Waals surface area contributed by atoms with Crippen LogP contribution in [0.25, 0.3) is 0 Å². The molecule has 0 amide bonds. The molecule has 0 rings (SSSR count). The molecule has 2 nitrogen and oxygen atoms in total. The number of rotatable bonds is 5. The summed E-state index contributed by atoms with van der Waals surface area (Å²) in [5.74, 6) is 7.12. The molecule has 104 valence electrons. The Morgan fingerprint density at radius 1 is 1.00 bits per heavy atom. The summed E-state index contributed by atoms with van der Waals surface area (Å²) in [5, 5.41) is 0. The van der Waals surface area contributed by atoms with Crippen LogP contribution in [-0.4, -0.2) is 27.4 Å². The van der Waals surface area contributed by atoms with Crippen LogP contribution in [0.15, 0.2) is 0 Å². The van der Waals surface area contributed by atoms with Crippen molar-refractivity contribution in [1.82, 2.24) is 0 Å². The summed E-state index contributed by atoms with van der Waals surface area (Å²) < 4.78 is 9.61. The summed E-state index contributed by atoms with van der Waals surface area (Å²) in [4.78, 5) is 0. The topological polar surface area (TPSA) is 18.5 Å². The minimum atomic E-state index is 0. The van der Waals surface area contributed by atoms with Crippen molar-refractivity contribution in [2.24, 2.45) is 11.8 Å². The first-order valence-corrected chi connectivity index (χ1v) is 6.00. The van der Waals surface area contributed by atoms with Gasteiger partial charge in [-0.15, -0.1) is 0 Å². The van der Waals surface area contributed by atoms with E-state index in [2.05, 4.69) is 39.5 Å². The smallest absolute Gasteiger partial charge is 0.107 e. The fourth-order valence-corrected chi connectivity index (χ4v) is 0.954. The summed E-state index contributed by atoms with van der Waals surface area (Å²) in [6.07, 6.45) is 2.49. The largest absolute Gasteiger partial charge is 0.385 e. The summed E-state index contributed by atoms with van der Waals surface area (Å²) in [6.45, 7) is 10.0. The van der Waals surface area contributed by atoms with Crippen LogP contribution in [0.3, 0.4) is 0 Å². The van der Waals surface area contributed by atoms with Crippen LogP contribution in [0.4, 0.5) is 0 Å². The van der Waals surface area contributed by atoms with Gasteiger partial charge in [0.1, 0.15) is 6.61 Å². The lowest BCUT2D eigenvalue weighted by molar-refractivity contribution is 0.189. The van der Waals surface area contributed by atoms with Crippen molar-refractivity contribution in [1.29, 1.82) is 0 Å². The molecule has 0 unspecified atom stereocenters. The molecule has 0 aromatic rings. The van der Waals surface area contributed by atoms with E-state index in [1.807, 2.05) is 0 Å². The minimum absolute atomic E-state index is 0. The van der Waals surface area contributed by atoms with E-state index in [1.54, 1.807) is 14.2 Å². The lowest BCUT2D eigenvalue weighted by Crippen LogP contribution is -1.92. The molecular weight excluding hydrogens is 212 g/mol. The molecule has 0 aliphatic carbocycles. The fraction of sp³-hybridized carbons (Fsp3) is 0.867. The van der Waals surface area contributed by atoms with E-state index in [4.69, 9.17) is 9.47 Å². The molecule has 0 radical (unpaired) electrons. The van der Waals surface area contributed by atoms with E-state index >= 15 is 0 Å². The van der Waals surface area contributed by atoms with Crippen molar-refractivity contribution in [2.45, 2.75) is 48.0 Å². The van der Waals surface area contributed by atoms with Gasteiger partial charge in [0.15, 0.2) is 0 Å². The molecular formula is C15H32O2. The van der Waals surface area contributed by atoms with Crippen LogP contribution in [0.1, 0.15) is 48.0 Å². The van der Waals surface area contributed by atoms with E-state index in [0.29, 0.717) is 12.5 Å². The van der Waals surface area contributed by atoms with E-state index < -0.39 is 0 Å². The quantitative estimate of drug-likeness (QED) is 0.537. The summed E-state index contributed by atoms with van der Waals surface area (Å²) in [6, 6.07) is 0. The first kappa shape index (κ1) is 21.7. The van der Waals surface area contributed by atoms with Crippen molar-refractivity contribution in [3.05, 3.63) is 0 Å². The van der Waals surface area contributed by atoms with Gasteiger partial charge in [-0.3, -0.25) is 0 Å². The van der Waals surface area contributed by atoms with Crippen LogP contribution >= 0.6 is 0 Å². The molecule has 0 aliphatic rings. The second kappa shape index (κ2) is 17.9. The van der Waals surface area contributed by atoms with Gasteiger partial charge in [-0.25, -0.2) is 0 Å². The molecule has 0 bridgehead atoms. The first-order valence-electron chi connectivity index (χ1n) is 6.00. The Kier molecular flexibility index (Phi) is 22.8. The highest BCUT2D eigenvalue weighted by atomic mass is 16.5. The predicted octanol–water partition coefficient (Wildman–Crippen LogP) is 4.00. The SMILES string of the molecule is C.COCC#CC(C)C.COCCCC(C)C. The Bertz CT molecular complexity index is 175. The molecule has 0 atom stereocenters. The maximum absolute atomic E-state index is 4.89. The third-order valence-electron chi connectivity index (χ3n) is 1.74. The third-order valence-corrected chi connectivity index (χ3v) is 1.74. The second-order valence-electron chi connectivity index (χ2n) is 4.44. The van der Waals surface area contributed by atoms with Crippen molar-refractivity contribution in [2.75, 3.05) is 27.4 Å². The zero-order chi connectivity index (χ0) is 12.8. The van der Waals surface area contributed by atoms with Gasteiger partial charge in [0.25, 0.3) is 0 Å². The van der Waals surface area contributed by atoms with Crippen molar-refractivity contribution < 1.29 is 9.47 Å². The highest BCUT2D eigenvalue weighted by Gasteiger charge is 1.90. The number of ether oxygens (including phenoxy) is 2. The van der Waals surface area contributed by atoms with Gasteiger partial charge in [-0.05, 0) is 18.8 Å². The number of hydrogen-bond acceptors (Lipinski definition) is 2. The second-order valence-corrected chi connectivity index (χ2v) is 4.44. The Balaban J connectivity index is -0.000000218. The van der Waals surface area contributed by atoms with E-state index in [-0.39, 0.29) is 7.43 Å². The normalized spacial score (nSPS) is 8.94. The molecule has 0 saturated heterocycles. The Morgan fingerprint density at radius 2 is 1.59 bits per heavy atom. The molecule has 0 aliphatic heterocycles. The van der Waals surface area contributed by atoms with Crippen molar-refractivity contribution in [3.63, 3.8) is 0 Å². The van der Waals surface area contributed by atoms with E-state index in [0.717, 1.165) is 12.5 Å². The fourth-order valence-electron chi connectivity index (χ4n) is 0.954. The van der Waals surface area contributed by atoms with Gasteiger partial charge in [-0.1, -0.05) is 47.0 Å². The van der Waals surface area contributed by atoms with Gasteiger partial charge in [0, 0.05) is 26.7 Å². The van der Waals surface area contributed by atoms with Crippen LogP contribution < -0.4 is 0 Å². The molecule has 0 aromatic heterocycles. The monoisotopic (exact) mass is 244 g/mol. The average molecular weight is 244 g/mol. The molecule has 2 heteroatoms. The highest BCUT2D eigenvalue weighted by molar-refractivity contribution is 5.01. The molecule has 0 aromatic carbocycles. The maximum atomic E-state index is 4.89. The van der Waals surface area contributed by atoms with Crippen molar-refractivity contribution >= 4 is 0 Å². The Labute approximate surface area is 109 Å². The summed E-state index contributed by atoms with van der Waals surface area (Å²) >= 11 is 0. The number of hydrogen-bond donors (Lipinski definition) is 0. The van der Waals surface area contributed by atoms with Gasteiger partial charge in [0.05, 0.1) is 0 Å². The molecule has 0 saturated carbocycles. The number of methoxy groups -OCH3 is 2. The highest BCUT2D eigenvalue weighted by Crippen LogP contribution is 2.02. The zero-order valence-corrected chi connectivity index (χ0v) is 11.8. The Hall–Kier alpha value is -0.520. The van der Waals surface area contributed by atoms with Gasteiger partial charge in [0.2, 0.25) is 0 Å². The summed E-state index contributed by atoms with van der Waals surface area (Å²) in [7, 11) is 3.40. The van der Waals surface area contributed by atoms with Gasteiger partial charge < -0.3 is 9.47 Å². The predicted molar refractivity (Wildman–Crippen MR) is 77.2 cm³/mol. The average Bonchev–Trinajstić information content (AvgIpc) is 2.18. The van der Waals surface area contributed by atoms with Crippen LogP contribution in [0.2, 0.25) is 0 Å². The van der Waals surface area contributed by atoms with Crippen LogP contribution in [0, 0.1) is 23.7 Å². The lowest BCUT2D eigenvalue weighted by atomic mass is 10.1. The van der Waals surface area contributed by atoms with Crippen molar-refractivity contribution in [3.8, 4) is 11.8 Å². The van der Waals surface area contributed by atoms with Crippen LogP contribution in [-0.2, 0) is 9.47 Å². The van der Waals surface area contributed by atoms with Gasteiger partial charge in [-0.2, -0.15) is 0 Å². The molecule has 0 heterocycles. The third kappa shape index (κ3) is 31.3. The molecule has 0 spiro atoms. The lowest BCUT2D eigenvalue weighted by Gasteiger charge is -2.01. The first-order chi connectivity index (χ1) is 7.54. The minimum Gasteiger partial charge on any atom is -0.385 e. The standard InChI is InChI=1S/C7H16O.C7H12O.CH4/c2*1-7(2)5-4-6-8-3;/h7H,4-6H2,1-3H3;7H,6H2,1-3H3;1H4. The van der Waals surface area contributed by atoms with Crippen LogP contribution in [0.5, 0.6) is 0 Å². The van der Waals surface area contributed by atoms with Gasteiger partial charge >= 0.3 is 0 Å². The molecule has 0 fully saturated rings. The van der Waals surface area contributed by atoms with E-state index in [1.165, 1.54) is 12.8 Å². The maximum Gasteiger partial charge on any atom is 0.107 e. The molecule has 0 N–H and O–H groups in total. The summed E-state index contributed by atoms with van der Waals surface area (Å²) in [5.41, 5.74) is 0. The molecule has 17 heavy (non-hydrogen) atoms.